The summed E-state index contributed by atoms with van der Waals surface area (Å²) in [6.45, 7) is 1.87. The molecule has 0 atom stereocenters. The molecule has 1 saturated carbocycles. The van der Waals surface area contributed by atoms with Gasteiger partial charge in [-0.15, -0.1) is 0 Å². The largest absolute Gasteiger partial charge is 0.349 e. The minimum atomic E-state index is -0.294. The number of benzene rings is 1. The first kappa shape index (κ1) is 15.5. The fourth-order valence-corrected chi connectivity index (χ4v) is 2.31. The zero-order valence-corrected chi connectivity index (χ0v) is 13.4. The fourth-order valence-electron chi connectivity index (χ4n) is 2.13. The molecule has 2 amide bonds. The smallest absolute Gasteiger partial charge is 0.255 e. The third-order valence-electron chi connectivity index (χ3n) is 3.65. The number of nitrogens with one attached hydrogen (secondary N) is 2. The van der Waals surface area contributed by atoms with Crippen molar-refractivity contribution < 1.29 is 9.59 Å². The molecule has 0 spiro atoms. The number of anilines is 1. The van der Waals surface area contributed by atoms with Crippen molar-refractivity contribution in [1.82, 2.24) is 10.3 Å². The lowest BCUT2D eigenvalue weighted by molar-refractivity contribution is 0.0949. The van der Waals surface area contributed by atoms with E-state index in [0.717, 1.165) is 18.4 Å². The Morgan fingerprint density at radius 3 is 2.57 bits per heavy atom. The van der Waals surface area contributed by atoms with Gasteiger partial charge in [0.25, 0.3) is 11.8 Å². The Hall–Kier alpha value is -2.40. The van der Waals surface area contributed by atoms with Gasteiger partial charge >= 0.3 is 0 Å². The van der Waals surface area contributed by atoms with Crippen molar-refractivity contribution in [2.45, 2.75) is 25.8 Å². The molecule has 1 aromatic heterocycles. The Morgan fingerprint density at radius 1 is 1.13 bits per heavy atom. The van der Waals surface area contributed by atoms with Crippen LogP contribution in [0.4, 0.5) is 5.69 Å². The summed E-state index contributed by atoms with van der Waals surface area (Å²) in [6, 6.07) is 8.63. The van der Waals surface area contributed by atoms with Crippen LogP contribution in [-0.2, 0) is 0 Å². The topological polar surface area (TPSA) is 71.1 Å². The molecule has 0 saturated heterocycles. The van der Waals surface area contributed by atoms with E-state index < -0.39 is 0 Å². The quantitative estimate of drug-likeness (QED) is 0.846. The van der Waals surface area contributed by atoms with Gasteiger partial charge in [-0.25, -0.2) is 4.98 Å². The number of halogens is 1. The third-order valence-corrected chi connectivity index (χ3v) is 3.86. The van der Waals surface area contributed by atoms with Crippen LogP contribution < -0.4 is 10.6 Å². The predicted octanol–water partition coefficient (Wildman–Crippen LogP) is 3.19. The Balaban J connectivity index is 1.78. The van der Waals surface area contributed by atoms with Crippen LogP contribution in [-0.4, -0.2) is 22.8 Å². The van der Waals surface area contributed by atoms with Gasteiger partial charge in [0, 0.05) is 29.1 Å². The Kier molecular flexibility index (Phi) is 4.30. The highest BCUT2D eigenvalue weighted by atomic mass is 35.5. The van der Waals surface area contributed by atoms with Gasteiger partial charge in [0.05, 0.1) is 0 Å². The molecule has 0 unspecified atom stereocenters. The van der Waals surface area contributed by atoms with E-state index in [9.17, 15) is 9.59 Å². The summed E-state index contributed by atoms with van der Waals surface area (Å²) in [5, 5.41) is 6.00. The molecule has 23 heavy (non-hydrogen) atoms. The zero-order chi connectivity index (χ0) is 16.4. The van der Waals surface area contributed by atoms with Gasteiger partial charge in [0.15, 0.2) is 0 Å². The van der Waals surface area contributed by atoms with Crippen molar-refractivity contribution in [2.75, 3.05) is 5.32 Å². The molecule has 0 bridgehead atoms. The summed E-state index contributed by atoms with van der Waals surface area (Å²) < 4.78 is 0. The standard InChI is InChI=1S/C17H16ClN3O2/c1-10-2-3-11(16(22)20-13-4-5-13)8-14(10)21-17(23)12-6-7-19-15(18)9-12/h2-3,6-9,13H,4-5H2,1H3,(H,20,22)(H,21,23). The maximum atomic E-state index is 12.3. The number of amides is 2. The monoisotopic (exact) mass is 329 g/mol. The maximum Gasteiger partial charge on any atom is 0.255 e. The average molecular weight is 330 g/mol. The minimum Gasteiger partial charge on any atom is -0.349 e. The van der Waals surface area contributed by atoms with E-state index in [1.807, 2.05) is 13.0 Å². The van der Waals surface area contributed by atoms with Gasteiger partial charge in [0.1, 0.15) is 5.15 Å². The molecule has 0 aliphatic heterocycles. The van der Waals surface area contributed by atoms with E-state index in [4.69, 9.17) is 11.6 Å². The second-order valence-electron chi connectivity index (χ2n) is 5.60. The van der Waals surface area contributed by atoms with Gasteiger partial charge < -0.3 is 10.6 Å². The van der Waals surface area contributed by atoms with E-state index >= 15 is 0 Å². The highest BCUT2D eigenvalue weighted by Gasteiger charge is 2.24. The van der Waals surface area contributed by atoms with Crippen LogP contribution >= 0.6 is 11.6 Å². The number of carbonyl (C=O) groups is 2. The van der Waals surface area contributed by atoms with Crippen molar-refractivity contribution in [2.24, 2.45) is 0 Å². The van der Waals surface area contributed by atoms with Gasteiger partial charge in [-0.3, -0.25) is 9.59 Å². The van der Waals surface area contributed by atoms with E-state index in [1.165, 1.54) is 12.3 Å². The normalized spacial score (nSPS) is 13.5. The van der Waals surface area contributed by atoms with Gasteiger partial charge in [-0.05, 0) is 49.6 Å². The number of aryl methyl sites for hydroxylation is 1. The summed E-state index contributed by atoms with van der Waals surface area (Å²) in [5.74, 6) is -0.410. The van der Waals surface area contributed by atoms with Crippen LogP contribution in [0.25, 0.3) is 0 Å². The first-order valence-corrected chi connectivity index (χ1v) is 7.75. The van der Waals surface area contributed by atoms with E-state index in [-0.39, 0.29) is 17.0 Å². The van der Waals surface area contributed by atoms with Crippen LogP contribution in [0.15, 0.2) is 36.5 Å². The van der Waals surface area contributed by atoms with E-state index in [2.05, 4.69) is 15.6 Å². The molecular weight excluding hydrogens is 314 g/mol. The summed E-state index contributed by atoms with van der Waals surface area (Å²) in [7, 11) is 0. The van der Waals surface area contributed by atoms with Crippen molar-refractivity contribution in [3.8, 4) is 0 Å². The number of hydrogen-bond acceptors (Lipinski definition) is 3. The number of hydrogen-bond donors (Lipinski definition) is 2. The highest BCUT2D eigenvalue weighted by Crippen LogP contribution is 2.22. The van der Waals surface area contributed by atoms with Crippen LogP contribution in [0.3, 0.4) is 0 Å². The van der Waals surface area contributed by atoms with Crippen LogP contribution in [0.5, 0.6) is 0 Å². The molecule has 3 rings (SSSR count). The zero-order valence-electron chi connectivity index (χ0n) is 12.6. The van der Waals surface area contributed by atoms with E-state index in [0.29, 0.717) is 22.9 Å². The van der Waals surface area contributed by atoms with Gasteiger partial charge in [0.2, 0.25) is 0 Å². The summed E-state index contributed by atoms with van der Waals surface area (Å²) in [6.07, 6.45) is 3.54. The number of nitrogens with zero attached hydrogens (tertiary/aromatic N) is 1. The summed E-state index contributed by atoms with van der Waals surface area (Å²) >= 11 is 5.80. The van der Waals surface area contributed by atoms with E-state index in [1.54, 1.807) is 18.2 Å². The number of rotatable bonds is 4. The summed E-state index contributed by atoms with van der Waals surface area (Å²) in [5.41, 5.74) is 2.43. The molecule has 1 aliphatic rings. The molecule has 1 fully saturated rings. The molecule has 2 aromatic rings. The fraction of sp³-hybridized carbons (Fsp3) is 0.235. The van der Waals surface area contributed by atoms with Crippen LogP contribution in [0.2, 0.25) is 5.15 Å². The second kappa shape index (κ2) is 6.38. The number of pyridine rings is 1. The first-order chi connectivity index (χ1) is 11.0. The first-order valence-electron chi connectivity index (χ1n) is 7.37. The molecule has 1 aliphatic carbocycles. The van der Waals surface area contributed by atoms with Crippen LogP contribution in [0.1, 0.15) is 39.1 Å². The second-order valence-corrected chi connectivity index (χ2v) is 5.99. The average Bonchev–Trinajstić information content (AvgIpc) is 3.33. The number of carbonyl (C=O) groups excluding carboxylic acids is 2. The van der Waals surface area contributed by atoms with Gasteiger partial charge in [-0.2, -0.15) is 0 Å². The predicted molar refractivity (Wildman–Crippen MR) is 88.9 cm³/mol. The third kappa shape index (κ3) is 3.87. The maximum absolute atomic E-state index is 12.3. The molecular formula is C17H16ClN3O2. The lowest BCUT2D eigenvalue weighted by atomic mass is 10.1. The van der Waals surface area contributed by atoms with Crippen LogP contribution in [0, 0.1) is 6.92 Å². The Bertz CT molecular complexity index is 772. The van der Waals surface area contributed by atoms with Crippen molar-refractivity contribution in [3.05, 3.63) is 58.4 Å². The summed E-state index contributed by atoms with van der Waals surface area (Å²) in [4.78, 5) is 28.2. The van der Waals surface area contributed by atoms with Crippen molar-refractivity contribution >= 4 is 29.1 Å². The highest BCUT2D eigenvalue weighted by molar-refractivity contribution is 6.29. The molecule has 1 aromatic carbocycles. The minimum absolute atomic E-state index is 0.116. The lowest BCUT2D eigenvalue weighted by Crippen LogP contribution is -2.25. The molecule has 1 heterocycles. The molecule has 118 valence electrons. The Labute approximate surface area is 139 Å². The molecule has 0 radical (unpaired) electrons. The van der Waals surface area contributed by atoms with Crippen molar-refractivity contribution in [1.29, 1.82) is 0 Å². The van der Waals surface area contributed by atoms with Crippen molar-refractivity contribution in [3.63, 3.8) is 0 Å². The molecule has 2 N–H and O–H groups in total. The van der Waals surface area contributed by atoms with Gasteiger partial charge in [-0.1, -0.05) is 17.7 Å². The molecule has 5 nitrogen and oxygen atoms in total. The number of aromatic nitrogens is 1. The molecule has 6 heteroatoms. The Morgan fingerprint density at radius 2 is 1.87 bits per heavy atom. The lowest BCUT2D eigenvalue weighted by Gasteiger charge is -2.11. The SMILES string of the molecule is Cc1ccc(C(=O)NC2CC2)cc1NC(=O)c1ccnc(Cl)c1.